The Bertz CT molecular complexity index is 271. The topological polar surface area (TPSA) is 55.1 Å². The van der Waals surface area contributed by atoms with Gasteiger partial charge in [0, 0.05) is 12.1 Å². The highest BCUT2D eigenvalue weighted by atomic mass is 32.2. The monoisotopic (exact) mass is 270 g/mol. The number of nitrogens with two attached hydrogens (primary N) is 1. The Kier molecular flexibility index (Phi) is 5.37. The molecule has 3 N–H and O–H groups in total. The van der Waals surface area contributed by atoms with E-state index in [0.29, 0.717) is 29.7 Å². The second-order valence-corrected chi connectivity index (χ2v) is 6.93. The van der Waals surface area contributed by atoms with Crippen LogP contribution in [0.4, 0.5) is 0 Å². The number of thioether (sulfide) groups is 1. The smallest absolute Gasteiger partial charge is 0.230 e. The minimum Gasteiger partial charge on any atom is -0.352 e. The molecule has 2 atom stereocenters. The van der Waals surface area contributed by atoms with Crippen molar-refractivity contribution in [3.8, 4) is 0 Å². The van der Waals surface area contributed by atoms with Crippen molar-refractivity contribution in [2.24, 2.45) is 17.6 Å². The van der Waals surface area contributed by atoms with Crippen molar-refractivity contribution in [2.45, 2.75) is 57.5 Å². The maximum atomic E-state index is 11.9. The Hall–Kier alpha value is -0.220. The second kappa shape index (κ2) is 6.80. The number of rotatable bonds is 5. The minimum absolute atomic E-state index is 0.228. The maximum absolute atomic E-state index is 11.9. The molecule has 2 bridgehead atoms. The first-order chi connectivity index (χ1) is 8.70. The van der Waals surface area contributed by atoms with Crippen LogP contribution in [0.25, 0.3) is 0 Å². The highest BCUT2D eigenvalue weighted by molar-refractivity contribution is 7.99. The summed E-state index contributed by atoms with van der Waals surface area (Å²) in [6, 6.07) is 0.774. The standard InChI is InChI=1S/C14H26N2OS/c1-2-6-18-9-13(17)16-14-10-4-3-5-11(14)8-12(15)7-10/h10-12,14H,2-9,15H2,1H3,(H,16,17). The quantitative estimate of drug-likeness (QED) is 0.753. The molecule has 3 nitrogen and oxygen atoms in total. The number of carbonyl (C=O) groups excluding carboxylic acids is 1. The molecule has 0 radical (unpaired) electrons. The average Bonchev–Trinajstić information content (AvgIpc) is 2.31. The number of hydrogen-bond acceptors (Lipinski definition) is 3. The lowest BCUT2D eigenvalue weighted by Crippen LogP contribution is -2.54. The number of hydrogen-bond donors (Lipinski definition) is 2. The Balaban J connectivity index is 1.82. The lowest BCUT2D eigenvalue weighted by atomic mass is 9.67. The SMILES string of the molecule is CCCSCC(=O)NC1C2CCCC1CC(N)C2. The van der Waals surface area contributed by atoms with E-state index in [1.54, 1.807) is 11.8 Å². The molecule has 0 aromatic carbocycles. The molecule has 2 rings (SSSR count). The molecule has 2 unspecified atom stereocenters. The Morgan fingerprint density at radius 3 is 2.61 bits per heavy atom. The van der Waals surface area contributed by atoms with Gasteiger partial charge in [-0.05, 0) is 49.7 Å². The van der Waals surface area contributed by atoms with Crippen LogP contribution in [0.3, 0.4) is 0 Å². The summed E-state index contributed by atoms with van der Waals surface area (Å²) in [4.78, 5) is 11.9. The van der Waals surface area contributed by atoms with Gasteiger partial charge in [0.05, 0.1) is 5.75 Å². The predicted molar refractivity (Wildman–Crippen MR) is 77.6 cm³/mol. The molecule has 4 heteroatoms. The second-order valence-electron chi connectivity index (χ2n) is 5.83. The van der Waals surface area contributed by atoms with Gasteiger partial charge in [0.25, 0.3) is 0 Å². The lowest BCUT2D eigenvalue weighted by molar-refractivity contribution is -0.120. The van der Waals surface area contributed by atoms with Gasteiger partial charge in [-0.25, -0.2) is 0 Å². The summed E-state index contributed by atoms with van der Waals surface area (Å²) in [6.45, 7) is 2.15. The third-order valence-electron chi connectivity index (χ3n) is 4.29. The van der Waals surface area contributed by atoms with E-state index in [0.717, 1.165) is 25.0 Å². The van der Waals surface area contributed by atoms with E-state index in [2.05, 4.69) is 12.2 Å². The first-order valence-corrected chi connectivity index (χ1v) is 8.49. The molecule has 104 valence electrons. The van der Waals surface area contributed by atoms with Crippen LogP contribution in [0.2, 0.25) is 0 Å². The fourth-order valence-corrected chi connectivity index (χ4v) is 4.26. The van der Waals surface area contributed by atoms with Crippen molar-refractivity contribution in [3.05, 3.63) is 0 Å². The zero-order chi connectivity index (χ0) is 13.0. The van der Waals surface area contributed by atoms with Gasteiger partial charge in [-0.2, -0.15) is 11.8 Å². The maximum Gasteiger partial charge on any atom is 0.230 e. The summed E-state index contributed by atoms with van der Waals surface area (Å²) in [5.41, 5.74) is 6.10. The van der Waals surface area contributed by atoms with Gasteiger partial charge in [0.2, 0.25) is 5.91 Å². The average molecular weight is 270 g/mol. The van der Waals surface area contributed by atoms with Crippen LogP contribution in [-0.4, -0.2) is 29.5 Å². The van der Waals surface area contributed by atoms with Crippen molar-refractivity contribution < 1.29 is 4.79 Å². The molecule has 2 aliphatic carbocycles. The molecule has 0 spiro atoms. The number of carbonyl (C=O) groups is 1. The molecule has 2 saturated carbocycles. The highest BCUT2D eigenvalue weighted by Gasteiger charge is 2.39. The molecule has 0 aromatic rings. The van der Waals surface area contributed by atoms with E-state index in [1.807, 2.05) is 0 Å². The van der Waals surface area contributed by atoms with Gasteiger partial charge < -0.3 is 11.1 Å². The molecule has 1 amide bonds. The highest BCUT2D eigenvalue weighted by Crippen LogP contribution is 2.39. The van der Waals surface area contributed by atoms with Gasteiger partial charge in [-0.3, -0.25) is 4.79 Å². The third kappa shape index (κ3) is 3.64. The molecule has 0 aliphatic heterocycles. The van der Waals surface area contributed by atoms with Crippen LogP contribution in [0.15, 0.2) is 0 Å². The first-order valence-electron chi connectivity index (χ1n) is 7.33. The van der Waals surface area contributed by atoms with E-state index in [9.17, 15) is 4.79 Å². The zero-order valence-corrected chi connectivity index (χ0v) is 12.2. The molecule has 0 aromatic heterocycles. The third-order valence-corrected chi connectivity index (χ3v) is 5.45. The number of fused-ring (bicyclic) bond motifs is 2. The minimum atomic E-state index is 0.228. The van der Waals surface area contributed by atoms with Crippen LogP contribution in [0, 0.1) is 11.8 Å². The van der Waals surface area contributed by atoms with E-state index >= 15 is 0 Å². The summed E-state index contributed by atoms with van der Waals surface area (Å²) < 4.78 is 0. The summed E-state index contributed by atoms with van der Waals surface area (Å²) in [5.74, 6) is 3.19. The zero-order valence-electron chi connectivity index (χ0n) is 11.4. The normalized spacial score (nSPS) is 35.2. The van der Waals surface area contributed by atoms with Gasteiger partial charge in [0.15, 0.2) is 0 Å². The number of nitrogens with one attached hydrogen (secondary N) is 1. The van der Waals surface area contributed by atoms with E-state index < -0.39 is 0 Å². The number of amides is 1. The first kappa shape index (κ1) is 14.2. The van der Waals surface area contributed by atoms with E-state index in [-0.39, 0.29) is 5.91 Å². The Morgan fingerprint density at radius 1 is 1.33 bits per heavy atom. The fourth-order valence-electron chi connectivity index (χ4n) is 3.56. The van der Waals surface area contributed by atoms with Gasteiger partial charge >= 0.3 is 0 Å². The van der Waals surface area contributed by atoms with Crippen LogP contribution >= 0.6 is 11.8 Å². The van der Waals surface area contributed by atoms with Crippen molar-refractivity contribution in [3.63, 3.8) is 0 Å². The van der Waals surface area contributed by atoms with Crippen LogP contribution in [0.5, 0.6) is 0 Å². The van der Waals surface area contributed by atoms with Gasteiger partial charge in [-0.15, -0.1) is 0 Å². The van der Waals surface area contributed by atoms with Crippen molar-refractivity contribution in [1.82, 2.24) is 5.32 Å². The van der Waals surface area contributed by atoms with Gasteiger partial charge in [-0.1, -0.05) is 13.3 Å². The summed E-state index contributed by atoms with van der Waals surface area (Å²) in [7, 11) is 0. The molecule has 0 saturated heterocycles. The van der Waals surface area contributed by atoms with E-state index in [1.165, 1.54) is 19.3 Å². The van der Waals surface area contributed by atoms with Gasteiger partial charge in [0.1, 0.15) is 0 Å². The van der Waals surface area contributed by atoms with E-state index in [4.69, 9.17) is 5.73 Å². The van der Waals surface area contributed by atoms with Crippen molar-refractivity contribution >= 4 is 17.7 Å². The van der Waals surface area contributed by atoms with Crippen LogP contribution < -0.4 is 11.1 Å². The molecule has 18 heavy (non-hydrogen) atoms. The molecular formula is C14H26N2OS. The molecule has 2 aliphatic rings. The lowest BCUT2D eigenvalue weighted by Gasteiger charge is -2.45. The van der Waals surface area contributed by atoms with Crippen LogP contribution in [-0.2, 0) is 4.79 Å². The fraction of sp³-hybridized carbons (Fsp3) is 0.929. The molecular weight excluding hydrogens is 244 g/mol. The Labute approximate surface area is 115 Å². The van der Waals surface area contributed by atoms with Crippen molar-refractivity contribution in [2.75, 3.05) is 11.5 Å². The summed E-state index contributed by atoms with van der Waals surface area (Å²) >= 11 is 1.74. The van der Waals surface area contributed by atoms with Crippen LogP contribution in [0.1, 0.15) is 45.4 Å². The summed E-state index contributed by atoms with van der Waals surface area (Å²) in [6.07, 6.45) is 7.15. The largest absolute Gasteiger partial charge is 0.352 e. The molecule has 2 fully saturated rings. The van der Waals surface area contributed by atoms with Crippen molar-refractivity contribution in [1.29, 1.82) is 0 Å². The predicted octanol–water partition coefficient (Wildman–Crippen LogP) is 2.15. The Morgan fingerprint density at radius 2 is 2.00 bits per heavy atom. The molecule has 0 heterocycles. The summed E-state index contributed by atoms with van der Waals surface area (Å²) in [5, 5.41) is 3.29.